The highest BCUT2D eigenvalue weighted by Crippen LogP contribution is 2.19. The van der Waals surface area contributed by atoms with Gasteiger partial charge in [0.25, 0.3) is 0 Å². The molecule has 0 aliphatic heterocycles. The van der Waals surface area contributed by atoms with Crippen LogP contribution < -0.4 is 0 Å². The van der Waals surface area contributed by atoms with Gasteiger partial charge in [-0.1, -0.05) is 166 Å². The fourth-order valence-electron chi connectivity index (χ4n) is 5.96. The number of aliphatic carboxylic acids is 1. The molecule has 0 saturated heterocycles. The molecular weight excluding hydrogens is 568 g/mol. The Hall–Kier alpha value is -1.84. The molecule has 0 spiro atoms. The molecule has 0 aromatic carbocycles. The van der Waals surface area contributed by atoms with Crippen molar-refractivity contribution in [3.63, 3.8) is 0 Å². The maximum Gasteiger partial charge on any atom is 0.306 e. The van der Waals surface area contributed by atoms with Crippen LogP contribution in [0, 0.1) is 0 Å². The normalized spacial score (nSPS) is 12.6. The van der Waals surface area contributed by atoms with Gasteiger partial charge in [0.1, 0.15) is 6.10 Å². The minimum Gasteiger partial charge on any atom is -0.481 e. The number of allylic oxidation sites excluding steroid dienone is 6. The van der Waals surface area contributed by atoms with Crippen molar-refractivity contribution in [2.24, 2.45) is 0 Å². The summed E-state index contributed by atoms with van der Waals surface area (Å²) >= 11 is 0. The zero-order valence-electron chi connectivity index (χ0n) is 30.6. The first-order valence-corrected chi connectivity index (χ1v) is 20.0. The Morgan fingerprint density at radius 1 is 0.500 bits per heavy atom. The second kappa shape index (κ2) is 37.6. The monoisotopic (exact) mass is 645 g/mol. The molecule has 0 aromatic rings. The van der Waals surface area contributed by atoms with E-state index in [9.17, 15) is 9.59 Å². The highest BCUT2D eigenvalue weighted by molar-refractivity contribution is 5.69. The summed E-state index contributed by atoms with van der Waals surface area (Å²) in [6.07, 6.45) is 48.8. The van der Waals surface area contributed by atoms with Crippen molar-refractivity contribution in [3.8, 4) is 0 Å². The van der Waals surface area contributed by atoms with E-state index in [1.165, 1.54) is 96.3 Å². The molecule has 0 aliphatic rings. The smallest absolute Gasteiger partial charge is 0.306 e. The largest absolute Gasteiger partial charge is 0.481 e. The Bertz CT molecular complexity index is 738. The Morgan fingerprint density at radius 2 is 0.913 bits per heavy atom. The average molecular weight is 645 g/mol. The zero-order valence-corrected chi connectivity index (χ0v) is 30.6. The Balaban J connectivity index is 3.93. The molecule has 4 heteroatoms. The fourth-order valence-corrected chi connectivity index (χ4v) is 5.96. The number of rotatable bonds is 36. The van der Waals surface area contributed by atoms with Gasteiger partial charge < -0.3 is 9.84 Å². The fraction of sp³-hybridized carbons (Fsp3) is 0.810. The topological polar surface area (TPSA) is 63.6 Å². The van der Waals surface area contributed by atoms with Crippen LogP contribution >= 0.6 is 0 Å². The van der Waals surface area contributed by atoms with Gasteiger partial charge in [-0.15, -0.1) is 0 Å². The van der Waals surface area contributed by atoms with Gasteiger partial charge in [-0.25, -0.2) is 0 Å². The van der Waals surface area contributed by atoms with Crippen molar-refractivity contribution in [1.29, 1.82) is 0 Å². The van der Waals surface area contributed by atoms with E-state index in [0.29, 0.717) is 6.42 Å². The van der Waals surface area contributed by atoms with Gasteiger partial charge in [0.05, 0.1) is 0 Å². The second-order valence-electron chi connectivity index (χ2n) is 13.4. The van der Waals surface area contributed by atoms with Gasteiger partial charge in [0.2, 0.25) is 0 Å². The molecule has 0 aromatic heterocycles. The molecule has 46 heavy (non-hydrogen) atoms. The van der Waals surface area contributed by atoms with E-state index in [1.54, 1.807) is 0 Å². The van der Waals surface area contributed by atoms with Crippen molar-refractivity contribution >= 4 is 11.9 Å². The lowest BCUT2D eigenvalue weighted by Gasteiger charge is -2.18. The third-order valence-electron chi connectivity index (χ3n) is 8.88. The molecule has 1 N–H and O–H groups in total. The molecule has 0 aliphatic carbocycles. The maximum absolute atomic E-state index is 12.7. The Labute approximate surface area is 286 Å². The van der Waals surface area contributed by atoms with Crippen molar-refractivity contribution in [3.05, 3.63) is 36.5 Å². The molecule has 0 rings (SSSR count). The summed E-state index contributed by atoms with van der Waals surface area (Å²) < 4.78 is 6.00. The van der Waals surface area contributed by atoms with E-state index in [4.69, 9.17) is 9.84 Å². The van der Waals surface area contributed by atoms with Crippen LogP contribution in [0.4, 0.5) is 0 Å². The SMILES string of the molecule is CC/C=C\C/C=C\C/C=C\CCCCCCCCCCCC(=O)OC(CCCCCCCCCC)CCCCCCCCC(=O)O. The Kier molecular flexibility index (Phi) is 36.1. The average Bonchev–Trinajstić information content (AvgIpc) is 3.04. The first-order valence-electron chi connectivity index (χ1n) is 20.0. The second-order valence-corrected chi connectivity index (χ2v) is 13.4. The molecule has 0 amide bonds. The number of carbonyl (C=O) groups excluding carboxylic acids is 1. The van der Waals surface area contributed by atoms with Gasteiger partial charge in [-0.05, 0) is 70.6 Å². The Morgan fingerprint density at radius 3 is 1.41 bits per heavy atom. The summed E-state index contributed by atoms with van der Waals surface area (Å²) in [6, 6.07) is 0. The summed E-state index contributed by atoms with van der Waals surface area (Å²) in [6.45, 7) is 4.43. The molecule has 0 fully saturated rings. The number of carboxylic acid groups (broad SMARTS) is 1. The van der Waals surface area contributed by atoms with Crippen LogP contribution in [0.3, 0.4) is 0 Å². The van der Waals surface area contributed by atoms with Crippen LogP contribution in [-0.4, -0.2) is 23.1 Å². The van der Waals surface area contributed by atoms with E-state index in [0.717, 1.165) is 89.9 Å². The van der Waals surface area contributed by atoms with Crippen molar-refractivity contribution in [2.45, 2.75) is 219 Å². The van der Waals surface area contributed by atoms with Gasteiger partial charge >= 0.3 is 11.9 Å². The number of esters is 1. The molecule has 1 unspecified atom stereocenters. The lowest BCUT2D eigenvalue weighted by molar-refractivity contribution is -0.150. The highest BCUT2D eigenvalue weighted by atomic mass is 16.5. The molecule has 0 saturated carbocycles. The third kappa shape index (κ3) is 36.6. The standard InChI is InChI=1S/C42H76O4/c1-3-5-7-9-11-13-14-15-16-17-18-19-20-21-22-23-25-31-35-39-42(45)46-40(36-32-28-24-12-10-8-6-4-2)37-33-29-26-27-30-34-38-41(43)44/h5,7,11,13,15-16,40H,3-4,6,8-10,12,14,17-39H2,1-2H3,(H,43,44)/b7-5-,13-11-,16-15-. The maximum atomic E-state index is 12.7. The van der Waals surface area contributed by atoms with E-state index in [1.807, 2.05) is 0 Å². The minimum atomic E-state index is -0.693. The predicted octanol–water partition coefficient (Wildman–Crippen LogP) is 13.8. The van der Waals surface area contributed by atoms with Crippen LogP contribution in [-0.2, 0) is 14.3 Å². The van der Waals surface area contributed by atoms with Crippen molar-refractivity contribution in [1.82, 2.24) is 0 Å². The molecule has 0 heterocycles. The number of ether oxygens (including phenoxy) is 1. The van der Waals surface area contributed by atoms with E-state index in [2.05, 4.69) is 50.3 Å². The molecule has 0 radical (unpaired) electrons. The summed E-state index contributed by atoms with van der Waals surface area (Å²) in [4.78, 5) is 23.3. The number of carboxylic acids is 1. The molecule has 4 nitrogen and oxygen atoms in total. The quantitative estimate of drug-likeness (QED) is 0.0419. The van der Waals surface area contributed by atoms with Crippen molar-refractivity contribution < 1.29 is 19.4 Å². The minimum absolute atomic E-state index is 0.00689. The predicted molar refractivity (Wildman–Crippen MR) is 199 cm³/mol. The van der Waals surface area contributed by atoms with Crippen LogP contribution in [0.5, 0.6) is 0 Å². The third-order valence-corrected chi connectivity index (χ3v) is 8.88. The first-order chi connectivity index (χ1) is 22.6. The zero-order chi connectivity index (χ0) is 33.6. The summed E-state index contributed by atoms with van der Waals surface area (Å²) in [5.41, 5.74) is 0. The number of carbonyl (C=O) groups is 2. The van der Waals surface area contributed by atoms with Crippen LogP contribution in [0.2, 0.25) is 0 Å². The van der Waals surface area contributed by atoms with Crippen molar-refractivity contribution in [2.75, 3.05) is 0 Å². The lowest BCUT2D eigenvalue weighted by atomic mass is 10.0. The van der Waals surface area contributed by atoms with Gasteiger partial charge in [0, 0.05) is 12.8 Å². The van der Waals surface area contributed by atoms with Gasteiger partial charge in [-0.3, -0.25) is 9.59 Å². The van der Waals surface area contributed by atoms with Crippen LogP contribution in [0.15, 0.2) is 36.5 Å². The van der Waals surface area contributed by atoms with Crippen LogP contribution in [0.1, 0.15) is 213 Å². The number of unbranched alkanes of at least 4 members (excludes halogenated alkanes) is 21. The van der Waals surface area contributed by atoms with Crippen LogP contribution in [0.25, 0.3) is 0 Å². The van der Waals surface area contributed by atoms with E-state index >= 15 is 0 Å². The first kappa shape index (κ1) is 44.2. The lowest BCUT2D eigenvalue weighted by Crippen LogP contribution is -2.18. The summed E-state index contributed by atoms with van der Waals surface area (Å²) in [7, 11) is 0. The molecule has 1 atom stereocenters. The van der Waals surface area contributed by atoms with E-state index < -0.39 is 5.97 Å². The number of hydrogen-bond donors (Lipinski definition) is 1. The molecule has 0 bridgehead atoms. The molecule has 268 valence electrons. The highest BCUT2D eigenvalue weighted by Gasteiger charge is 2.14. The summed E-state index contributed by atoms with van der Waals surface area (Å²) in [5.74, 6) is -0.686. The summed E-state index contributed by atoms with van der Waals surface area (Å²) in [5, 5.41) is 8.78. The van der Waals surface area contributed by atoms with Gasteiger partial charge in [0.15, 0.2) is 0 Å². The van der Waals surface area contributed by atoms with Gasteiger partial charge in [-0.2, -0.15) is 0 Å². The number of hydrogen-bond acceptors (Lipinski definition) is 3. The van der Waals surface area contributed by atoms with E-state index in [-0.39, 0.29) is 18.5 Å². The molecular formula is C42H76O4.